The van der Waals surface area contributed by atoms with Gasteiger partial charge in [0.1, 0.15) is 5.82 Å². The van der Waals surface area contributed by atoms with E-state index in [1.54, 1.807) is 60.7 Å². The number of nitrogens with two attached hydrogens (primary N) is 1. The third kappa shape index (κ3) is 4.61. The number of amides is 2. The highest BCUT2D eigenvalue weighted by Crippen LogP contribution is 2.21. The van der Waals surface area contributed by atoms with Crippen molar-refractivity contribution in [3.05, 3.63) is 95.3 Å². The van der Waals surface area contributed by atoms with Gasteiger partial charge in [-0.15, -0.1) is 0 Å². The van der Waals surface area contributed by atoms with Crippen molar-refractivity contribution in [1.82, 2.24) is 5.06 Å². The van der Waals surface area contributed by atoms with Gasteiger partial charge in [-0.05, 0) is 59.5 Å². The number of hydrogen-bond donors (Lipinski definition) is 2. The smallest absolute Gasteiger partial charge is 0.277 e. The summed E-state index contributed by atoms with van der Waals surface area (Å²) in [6, 6.07) is 19.5. The largest absolute Gasteiger partial charge is 0.366 e. The number of benzene rings is 3. The first-order chi connectivity index (χ1) is 13.4. The Morgan fingerprint density at radius 1 is 0.821 bits per heavy atom. The van der Waals surface area contributed by atoms with Gasteiger partial charge in [-0.1, -0.05) is 36.4 Å². The number of carbonyl (C=O) groups is 2. The van der Waals surface area contributed by atoms with Gasteiger partial charge in [0.05, 0.1) is 6.54 Å². The lowest BCUT2D eigenvalue weighted by molar-refractivity contribution is -0.0571. The van der Waals surface area contributed by atoms with Crippen LogP contribution >= 0.6 is 0 Å². The van der Waals surface area contributed by atoms with Crippen molar-refractivity contribution >= 4 is 11.8 Å². The van der Waals surface area contributed by atoms with Crippen LogP contribution in [0, 0.1) is 5.82 Å². The Labute approximate surface area is 161 Å². The summed E-state index contributed by atoms with van der Waals surface area (Å²) in [5, 5.41) is 10.7. The lowest BCUT2D eigenvalue weighted by atomic mass is 10.0. The summed E-state index contributed by atoms with van der Waals surface area (Å²) < 4.78 is 12.9. The molecule has 0 bridgehead atoms. The molecule has 28 heavy (non-hydrogen) atoms. The standard InChI is InChI=1S/C22H19FN2O3/c23-20-11-1-15(2-12-20)13-14-25(28)22(27)19-9-5-17(6-10-19)16-3-7-18(8-4-16)21(24)26/h1-12,28H,13-14H2,(H2,24,26). The molecule has 0 aliphatic heterocycles. The SMILES string of the molecule is NC(=O)c1ccc(-c2ccc(C(=O)N(O)CCc3ccc(F)cc3)cc2)cc1. The van der Waals surface area contributed by atoms with Crippen LogP contribution in [0.3, 0.4) is 0 Å². The van der Waals surface area contributed by atoms with Crippen LogP contribution in [0.15, 0.2) is 72.8 Å². The summed E-state index contributed by atoms with van der Waals surface area (Å²) in [6.45, 7) is 0.0980. The minimum Gasteiger partial charge on any atom is -0.366 e. The van der Waals surface area contributed by atoms with Crippen LogP contribution in [0.25, 0.3) is 11.1 Å². The van der Waals surface area contributed by atoms with E-state index in [1.807, 2.05) is 0 Å². The van der Waals surface area contributed by atoms with Crippen molar-refractivity contribution in [1.29, 1.82) is 0 Å². The molecular formula is C22H19FN2O3. The van der Waals surface area contributed by atoms with E-state index in [0.717, 1.165) is 16.7 Å². The molecule has 0 aromatic heterocycles. The van der Waals surface area contributed by atoms with E-state index in [-0.39, 0.29) is 12.4 Å². The highest BCUT2D eigenvalue weighted by Gasteiger charge is 2.14. The number of nitrogens with zero attached hydrogens (tertiary/aromatic N) is 1. The van der Waals surface area contributed by atoms with Crippen molar-refractivity contribution < 1.29 is 19.2 Å². The van der Waals surface area contributed by atoms with Gasteiger partial charge in [-0.25, -0.2) is 9.45 Å². The molecule has 0 heterocycles. The first kappa shape index (κ1) is 19.3. The van der Waals surface area contributed by atoms with Crippen LogP contribution in [0.4, 0.5) is 4.39 Å². The van der Waals surface area contributed by atoms with Gasteiger partial charge in [-0.2, -0.15) is 0 Å². The lowest BCUT2D eigenvalue weighted by Gasteiger charge is -2.15. The summed E-state index contributed by atoms with van der Waals surface area (Å²) in [7, 11) is 0. The first-order valence-electron chi connectivity index (χ1n) is 8.69. The van der Waals surface area contributed by atoms with Crippen molar-refractivity contribution in [2.75, 3.05) is 6.54 Å². The van der Waals surface area contributed by atoms with E-state index in [1.165, 1.54) is 12.1 Å². The molecule has 0 fully saturated rings. The molecule has 3 N–H and O–H groups in total. The fourth-order valence-corrected chi connectivity index (χ4v) is 2.77. The summed E-state index contributed by atoms with van der Waals surface area (Å²) >= 11 is 0. The minimum atomic E-state index is -0.516. The van der Waals surface area contributed by atoms with Crippen LogP contribution in [0.1, 0.15) is 26.3 Å². The molecule has 3 rings (SSSR count). The van der Waals surface area contributed by atoms with Gasteiger partial charge in [0.15, 0.2) is 0 Å². The normalized spacial score (nSPS) is 10.5. The topological polar surface area (TPSA) is 83.6 Å². The van der Waals surface area contributed by atoms with Gasteiger partial charge in [0.25, 0.3) is 5.91 Å². The minimum absolute atomic E-state index is 0.0980. The highest BCUT2D eigenvalue weighted by molar-refractivity contribution is 5.94. The zero-order valence-electron chi connectivity index (χ0n) is 15.0. The molecule has 0 aliphatic carbocycles. The summed E-state index contributed by atoms with van der Waals surface area (Å²) in [5.74, 6) is -1.33. The number of halogens is 1. The van der Waals surface area contributed by atoms with E-state index in [0.29, 0.717) is 22.6 Å². The molecule has 6 heteroatoms. The summed E-state index contributed by atoms with van der Waals surface area (Å²) in [5.41, 5.74) is 8.56. The predicted molar refractivity (Wildman–Crippen MR) is 103 cm³/mol. The van der Waals surface area contributed by atoms with Crippen LogP contribution in [0.2, 0.25) is 0 Å². The maximum Gasteiger partial charge on any atom is 0.277 e. The Hall–Kier alpha value is -3.51. The molecular weight excluding hydrogens is 359 g/mol. The molecule has 3 aromatic carbocycles. The van der Waals surface area contributed by atoms with Crippen molar-refractivity contribution in [2.45, 2.75) is 6.42 Å². The molecule has 0 unspecified atom stereocenters. The van der Waals surface area contributed by atoms with E-state index >= 15 is 0 Å². The second-order valence-electron chi connectivity index (χ2n) is 6.32. The number of hydroxylamine groups is 2. The summed E-state index contributed by atoms with van der Waals surface area (Å²) in [6.07, 6.45) is 0.410. The number of rotatable bonds is 6. The number of primary amides is 1. The number of carbonyl (C=O) groups excluding carboxylic acids is 2. The van der Waals surface area contributed by atoms with E-state index in [9.17, 15) is 19.2 Å². The second kappa shape index (κ2) is 8.45. The average molecular weight is 378 g/mol. The van der Waals surface area contributed by atoms with Crippen LogP contribution < -0.4 is 5.73 Å². The maximum atomic E-state index is 12.9. The zero-order chi connectivity index (χ0) is 20.1. The van der Waals surface area contributed by atoms with Crippen LogP contribution in [-0.2, 0) is 6.42 Å². The fraction of sp³-hybridized carbons (Fsp3) is 0.0909. The van der Waals surface area contributed by atoms with Crippen molar-refractivity contribution in [3.8, 4) is 11.1 Å². The van der Waals surface area contributed by atoms with Gasteiger partial charge >= 0.3 is 0 Å². The molecule has 5 nitrogen and oxygen atoms in total. The number of hydrogen-bond acceptors (Lipinski definition) is 3. The Kier molecular flexibility index (Phi) is 5.81. The quantitative estimate of drug-likeness (QED) is 0.507. The maximum absolute atomic E-state index is 12.9. The Morgan fingerprint density at radius 2 is 1.32 bits per heavy atom. The molecule has 2 amide bonds. The first-order valence-corrected chi connectivity index (χ1v) is 8.69. The Morgan fingerprint density at radius 3 is 1.82 bits per heavy atom. The van der Waals surface area contributed by atoms with E-state index < -0.39 is 11.8 Å². The molecule has 0 saturated carbocycles. The van der Waals surface area contributed by atoms with Crippen LogP contribution in [0.5, 0.6) is 0 Å². The monoisotopic (exact) mass is 378 g/mol. The van der Waals surface area contributed by atoms with Gasteiger partial charge in [-0.3, -0.25) is 14.8 Å². The Balaban J connectivity index is 1.63. The van der Waals surface area contributed by atoms with E-state index in [4.69, 9.17) is 5.73 Å². The van der Waals surface area contributed by atoms with E-state index in [2.05, 4.69) is 0 Å². The summed E-state index contributed by atoms with van der Waals surface area (Å²) in [4.78, 5) is 23.5. The van der Waals surface area contributed by atoms with Gasteiger partial charge < -0.3 is 5.73 Å². The molecule has 0 saturated heterocycles. The average Bonchev–Trinajstić information content (AvgIpc) is 2.73. The van der Waals surface area contributed by atoms with Crippen LogP contribution in [-0.4, -0.2) is 28.6 Å². The predicted octanol–water partition coefficient (Wildman–Crippen LogP) is 3.67. The molecule has 0 atom stereocenters. The van der Waals surface area contributed by atoms with Gasteiger partial charge in [0, 0.05) is 11.1 Å². The Bertz CT molecular complexity index is 968. The zero-order valence-corrected chi connectivity index (χ0v) is 15.0. The fourth-order valence-electron chi connectivity index (χ4n) is 2.77. The molecule has 0 spiro atoms. The highest BCUT2D eigenvalue weighted by atomic mass is 19.1. The molecule has 0 radical (unpaired) electrons. The third-order valence-corrected chi connectivity index (χ3v) is 4.39. The third-order valence-electron chi connectivity index (χ3n) is 4.39. The molecule has 3 aromatic rings. The lowest BCUT2D eigenvalue weighted by Crippen LogP contribution is -2.29. The van der Waals surface area contributed by atoms with Crippen molar-refractivity contribution in [3.63, 3.8) is 0 Å². The molecule has 0 aliphatic rings. The van der Waals surface area contributed by atoms with Crippen molar-refractivity contribution in [2.24, 2.45) is 5.73 Å². The second-order valence-corrected chi connectivity index (χ2v) is 6.32. The molecule has 142 valence electrons. The van der Waals surface area contributed by atoms with Gasteiger partial charge in [0.2, 0.25) is 5.91 Å².